The van der Waals surface area contributed by atoms with E-state index in [9.17, 15) is 24.6 Å². The number of piperazine rings is 1. The van der Waals surface area contributed by atoms with Gasteiger partial charge in [-0.3, -0.25) is 29.6 Å². The smallest absolute Gasteiger partial charge is 0.319 e. The Hall–Kier alpha value is -6.04. The normalized spacial score (nSPS) is 26.5. The van der Waals surface area contributed by atoms with E-state index in [2.05, 4.69) is 31.1 Å². The number of ether oxygens (including phenoxy) is 1. The Balaban J connectivity index is 0.686. The van der Waals surface area contributed by atoms with Gasteiger partial charge in [-0.05, 0) is 121 Å². The highest BCUT2D eigenvalue weighted by atomic mass is 19.1. The molecule has 0 spiro atoms. The topological polar surface area (TPSA) is 168 Å². The van der Waals surface area contributed by atoms with Crippen LogP contribution in [0.25, 0.3) is 32.9 Å². The van der Waals surface area contributed by atoms with Crippen molar-refractivity contribution >= 4 is 50.9 Å². The van der Waals surface area contributed by atoms with E-state index in [-0.39, 0.29) is 52.2 Å². The number of aryl methyl sites for hydroxylation is 1. The van der Waals surface area contributed by atoms with Crippen LogP contribution >= 0.6 is 0 Å². The number of hydrogen-bond donors (Lipinski definition) is 3. The number of fused-ring (bicyclic) bond motifs is 4. The fraction of sp³-hybridized carbons (Fsp3) is 0.509. The van der Waals surface area contributed by atoms with Crippen molar-refractivity contribution in [1.82, 2.24) is 35.0 Å². The number of aromatic hydroxyl groups is 1. The van der Waals surface area contributed by atoms with Crippen molar-refractivity contribution < 1.29 is 38.1 Å². The summed E-state index contributed by atoms with van der Waals surface area (Å²) in [5.41, 5.74) is 2.28. The molecule has 17 heteroatoms. The van der Waals surface area contributed by atoms with Gasteiger partial charge in [0, 0.05) is 107 Å². The quantitative estimate of drug-likeness (QED) is 0.131. The van der Waals surface area contributed by atoms with Gasteiger partial charge in [0.05, 0.1) is 17.6 Å². The number of hydrogen-bond acceptors (Lipinski definition) is 13. The molecule has 12 rings (SSSR count). The zero-order valence-electron chi connectivity index (χ0n) is 39.7. The molecular formula is C53H59F2N9O6. The summed E-state index contributed by atoms with van der Waals surface area (Å²) in [4.78, 5) is 62.7. The number of anilines is 2. The van der Waals surface area contributed by atoms with E-state index in [0.29, 0.717) is 96.4 Å². The summed E-state index contributed by atoms with van der Waals surface area (Å²) in [5.74, 6) is 0.449. The molecule has 3 amide bonds. The zero-order valence-corrected chi connectivity index (χ0v) is 39.7. The number of aliphatic hydroxyl groups is 1. The van der Waals surface area contributed by atoms with Gasteiger partial charge < -0.3 is 34.5 Å². The number of pyridine rings is 1. The van der Waals surface area contributed by atoms with Crippen molar-refractivity contribution in [3.05, 3.63) is 77.0 Å². The highest BCUT2D eigenvalue weighted by molar-refractivity contribution is 6.06. The summed E-state index contributed by atoms with van der Waals surface area (Å²) in [6.45, 7) is 13.2. The molecule has 7 aliphatic rings. The van der Waals surface area contributed by atoms with E-state index in [1.54, 1.807) is 24.0 Å². The number of carbonyl (C=O) groups is 3. The van der Waals surface area contributed by atoms with Crippen LogP contribution in [0, 0.1) is 34.8 Å². The maximum absolute atomic E-state index is 17.1. The van der Waals surface area contributed by atoms with Crippen molar-refractivity contribution in [1.29, 1.82) is 0 Å². The number of piperidine rings is 3. The van der Waals surface area contributed by atoms with Gasteiger partial charge in [-0.1, -0.05) is 13.0 Å². The predicted octanol–water partition coefficient (Wildman–Crippen LogP) is 5.66. The minimum atomic E-state index is -0.965. The fourth-order valence-corrected chi connectivity index (χ4v) is 12.5. The van der Waals surface area contributed by atoms with E-state index in [4.69, 9.17) is 14.7 Å². The van der Waals surface area contributed by atoms with Gasteiger partial charge in [-0.25, -0.2) is 8.78 Å². The van der Waals surface area contributed by atoms with Gasteiger partial charge in [0.25, 0.3) is 5.91 Å². The molecule has 5 aromatic rings. The van der Waals surface area contributed by atoms with Crippen molar-refractivity contribution in [2.45, 2.75) is 77.0 Å². The third-order valence-corrected chi connectivity index (χ3v) is 16.6. The minimum absolute atomic E-state index is 0.0131. The Morgan fingerprint density at radius 3 is 2.46 bits per heavy atom. The van der Waals surface area contributed by atoms with E-state index in [1.165, 1.54) is 18.3 Å². The molecule has 6 fully saturated rings. The highest BCUT2D eigenvalue weighted by Crippen LogP contribution is 2.55. The summed E-state index contributed by atoms with van der Waals surface area (Å²) in [7, 11) is 0. The summed E-state index contributed by atoms with van der Waals surface area (Å²) in [6.07, 6.45) is 5.87. The number of benzene rings is 3. The molecule has 7 heterocycles. The molecule has 15 nitrogen and oxygen atoms in total. The second kappa shape index (κ2) is 17.1. The number of phenolic OH excluding ortho intramolecular Hbond substituents is 1. The van der Waals surface area contributed by atoms with Gasteiger partial charge >= 0.3 is 6.01 Å². The van der Waals surface area contributed by atoms with Gasteiger partial charge in [0.15, 0.2) is 5.82 Å². The maximum atomic E-state index is 17.1. The molecule has 2 saturated carbocycles. The molecule has 2 aliphatic carbocycles. The summed E-state index contributed by atoms with van der Waals surface area (Å²) in [6, 6.07) is 11.4. The van der Waals surface area contributed by atoms with Crippen LogP contribution < -0.4 is 19.9 Å². The van der Waals surface area contributed by atoms with Crippen molar-refractivity contribution in [3.8, 4) is 23.0 Å². The van der Waals surface area contributed by atoms with E-state index in [0.717, 1.165) is 82.9 Å². The number of aromatic nitrogens is 3. The molecule has 5 atom stereocenters. The molecular weight excluding hydrogens is 897 g/mol. The number of nitrogens with one attached hydrogen (secondary N) is 1. The molecule has 3 N–H and O–H groups in total. The third kappa shape index (κ3) is 8.16. The average Bonchev–Trinajstić information content (AvgIpc) is 4.15. The van der Waals surface area contributed by atoms with Crippen LogP contribution in [0.15, 0.2) is 48.7 Å². The number of carbonyl (C=O) groups excluding carboxylic acids is 3. The lowest BCUT2D eigenvalue weighted by Crippen LogP contribution is -2.52. The molecule has 0 radical (unpaired) electrons. The first-order valence-electron chi connectivity index (χ1n) is 25.1. The predicted molar refractivity (Wildman–Crippen MR) is 259 cm³/mol. The van der Waals surface area contributed by atoms with Gasteiger partial charge in [-0.15, -0.1) is 0 Å². The number of nitrogens with zero attached hydrogens (tertiary/aromatic N) is 8. The fourth-order valence-electron chi connectivity index (χ4n) is 12.5. The summed E-state index contributed by atoms with van der Waals surface area (Å²) < 4.78 is 38.8. The molecule has 5 aliphatic heterocycles. The molecule has 366 valence electrons. The van der Waals surface area contributed by atoms with Gasteiger partial charge in [0.2, 0.25) is 11.8 Å². The minimum Gasteiger partial charge on any atom is -0.508 e. The molecule has 4 saturated heterocycles. The molecule has 0 bridgehead atoms. The second-order valence-corrected chi connectivity index (χ2v) is 21.5. The van der Waals surface area contributed by atoms with Crippen LogP contribution in [0.3, 0.4) is 0 Å². The lowest BCUT2D eigenvalue weighted by molar-refractivity contribution is -0.136. The summed E-state index contributed by atoms with van der Waals surface area (Å²) in [5, 5.41) is 25.6. The Morgan fingerprint density at radius 2 is 1.71 bits per heavy atom. The van der Waals surface area contributed by atoms with Crippen LogP contribution in [-0.2, 0) is 22.6 Å². The Bertz CT molecular complexity index is 2960. The monoisotopic (exact) mass is 955 g/mol. The van der Waals surface area contributed by atoms with Crippen LogP contribution in [0.2, 0.25) is 0 Å². The maximum Gasteiger partial charge on any atom is 0.319 e. The first kappa shape index (κ1) is 45.1. The van der Waals surface area contributed by atoms with Crippen LogP contribution in [0.1, 0.15) is 73.9 Å². The molecule has 3 aromatic carbocycles. The van der Waals surface area contributed by atoms with E-state index >= 15 is 8.78 Å². The number of amides is 3. The van der Waals surface area contributed by atoms with E-state index < -0.39 is 29.2 Å². The SMILES string of the molecule is CCc1c(F)ccc2cc(O)cc(-c3ncc4c(N5CCC[C@@](C)(O)C5)nc(OCC5(CN6C[C@@H]7[C@H](CN8CCN(c9ccc%10c(c9)CN([C@H]9CCC(=O)NC9=O)C%10=O)CC8)[C@@H]7C6)CC5)nc4c3F)c12. The van der Waals surface area contributed by atoms with Crippen molar-refractivity contribution in [2.24, 2.45) is 23.2 Å². The van der Waals surface area contributed by atoms with Crippen LogP contribution in [-0.4, -0.2) is 141 Å². The first-order valence-corrected chi connectivity index (χ1v) is 25.1. The first-order chi connectivity index (χ1) is 33.7. The van der Waals surface area contributed by atoms with Gasteiger partial charge in [-0.2, -0.15) is 9.97 Å². The number of halogens is 2. The molecule has 70 heavy (non-hydrogen) atoms. The summed E-state index contributed by atoms with van der Waals surface area (Å²) >= 11 is 0. The average molecular weight is 956 g/mol. The lowest BCUT2D eigenvalue weighted by Gasteiger charge is -2.38. The lowest BCUT2D eigenvalue weighted by atomic mass is 9.94. The second-order valence-electron chi connectivity index (χ2n) is 21.5. The Morgan fingerprint density at radius 1 is 0.914 bits per heavy atom. The number of imide groups is 1. The van der Waals surface area contributed by atoms with Gasteiger partial charge in [0.1, 0.15) is 34.6 Å². The van der Waals surface area contributed by atoms with Crippen molar-refractivity contribution in [2.75, 3.05) is 81.9 Å². The standard InChI is InChI=1S/C53H59F2N9O6/c1-3-34-41(54)8-5-30-20-33(65)21-36(44(30)34)46-45(55)47-37(22-56-46)48(63-14-4-11-52(2,69)27-63)59-51(58-47)70-29-53(12-13-53)28-61-25-39-38(40(39)26-61)24-60-15-17-62(18-16-60)32-6-7-35-31(19-32)23-64(50(35)68)42-9-10-43(66)57-49(42)67/h5-8,19-22,38-40,42,65,69H,3-4,9-18,23-29H2,1-2H3,(H,57,66,67)/t38-,39+,40-,42-,52+/m0/s1. The largest absolute Gasteiger partial charge is 0.508 e. The molecule has 2 aromatic heterocycles. The highest BCUT2D eigenvalue weighted by Gasteiger charge is 2.57. The third-order valence-electron chi connectivity index (χ3n) is 16.6. The Labute approximate surface area is 404 Å². The molecule has 0 unspecified atom stereocenters. The zero-order chi connectivity index (χ0) is 48.2. The number of β-amino-alcohol motifs (C(OH)–C–C–N with tert-alkyl or cyclic N) is 1. The number of phenols is 1. The van der Waals surface area contributed by atoms with Crippen LogP contribution in [0.4, 0.5) is 20.3 Å². The van der Waals surface area contributed by atoms with E-state index in [1.807, 2.05) is 24.0 Å². The Kier molecular flexibility index (Phi) is 11.0. The number of rotatable bonds is 12. The van der Waals surface area contributed by atoms with Crippen molar-refractivity contribution in [3.63, 3.8) is 0 Å². The number of likely N-dealkylation sites (tertiary alicyclic amines) is 1. The van der Waals surface area contributed by atoms with Crippen LogP contribution in [0.5, 0.6) is 11.8 Å².